The molecule has 1 saturated carbocycles. The number of rotatable bonds is 1. The van der Waals surface area contributed by atoms with Gasteiger partial charge in [0.2, 0.25) is 5.91 Å². The monoisotopic (exact) mass is 350 g/mol. The Morgan fingerprint density at radius 1 is 1.29 bits per heavy atom. The molecule has 0 bridgehead atoms. The van der Waals surface area contributed by atoms with Crippen molar-refractivity contribution >= 4 is 35.1 Å². The Bertz CT molecular complexity index is 701. The van der Waals surface area contributed by atoms with Gasteiger partial charge in [0.15, 0.2) is 0 Å². The van der Waals surface area contributed by atoms with Crippen LogP contribution in [0.2, 0.25) is 5.02 Å². The molecule has 1 aliphatic carbocycles. The molecule has 0 atom stereocenters. The second-order valence-corrected chi connectivity index (χ2v) is 6.69. The number of aromatic nitrogens is 1. The molecule has 2 heterocycles. The smallest absolute Gasteiger partial charge is 0.306 e. The van der Waals surface area contributed by atoms with Crippen molar-refractivity contribution < 1.29 is 14.4 Å². The molecule has 2 aliphatic rings. The Morgan fingerprint density at radius 2 is 2.00 bits per heavy atom. The van der Waals surface area contributed by atoms with Crippen molar-refractivity contribution in [2.75, 3.05) is 11.9 Å². The number of nitrogens with one attached hydrogen (secondary N) is 2. The van der Waals surface area contributed by atoms with Gasteiger partial charge in [0.05, 0.1) is 16.9 Å². The lowest BCUT2D eigenvalue weighted by molar-refractivity contribution is -0.146. The van der Waals surface area contributed by atoms with Gasteiger partial charge >= 0.3 is 6.03 Å². The number of carbonyl (C=O) groups is 3. The Balaban J connectivity index is 1.89. The fraction of sp³-hybridized carbons (Fsp3) is 0.500. The number of pyridine rings is 1. The van der Waals surface area contributed by atoms with Crippen molar-refractivity contribution in [3.05, 3.63) is 23.0 Å². The normalized spacial score (nSPS) is 20.0. The van der Waals surface area contributed by atoms with E-state index in [0.717, 1.165) is 19.3 Å². The number of carbonyl (C=O) groups excluding carboxylic acids is 3. The zero-order valence-electron chi connectivity index (χ0n) is 13.4. The maximum absolute atomic E-state index is 12.8. The molecule has 1 saturated heterocycles. The number of hydrogen-bond acceptors (Lipinski definition) is 4. The maximum atomic E-state index is 12.8. The molecule has 3 rings (SSSR count). The minimum absolute atomic E-state index is 0.134. The van der Waals surface area contributed by atoms with Gasteiger partial charge in [-0.25, -0.2) is 4.79 Å². The first kappa shape index (κ1) is 16.7. The lowest BCUT2D eigenvalue weighted by Crippen LogP contribution is -2.69. The summed E-state index contributed by atoms with van der Waals surface area (Å²) in [5.74, 6) is -0.846. The highest BCUT2D eigenvalue weighted by atomic mass is 35.5. The van der Waals surface area contributed by atoms with E-state index in [-0.39, 0.29) is 12.5 Å². The van der Waals surface area contributed by atoms with Gasteiger partial charge in [-0.05, 0) is 25.3 Å². The molecule has 1 aromatic heterocycles. The fourth-order valence-corrected chi connectivity index (χ4v) is 3.57. The van der Waals surface area contributed by atoms with Crippen molar-refractivity contribution in [1.82, 2.24) is 15.2 Å². The zero-order valence-corrected chi connectivity index (χ0v) is 14.2. The van der Waals surface area contributed by atoms with E-state index in [0.29, 0.717) is 29.1 Å². The van der Waals surface area contributed by atoms with Crippen molar-refractivity contribution in [2.45, 2.75) is 44.6 Å². The van der Waals surface area contributed by atoms with Gasteiger partial charge in [-0.1, -0.05) is 30.9 Å². The number of nitrogens with zero attached hydrogens (tertiary/aromatic N) is 2. The third kappa shape index (κ3) is 2.84. The van der Waals surface area contributed by atoms with Crippen molar-refractivity contribution in [1.29, 1.82) is 0 Å². The molecular weight excluding hydrogens is 332 g/mol. The maximum Gasteiger partial charge on any atom is 0.323 e. The van der Waals surface area contributed by atoms with Crippen LogP contribution < -0.4 is 10.6 Å². The van der Waals surface area contributed by atoms with E-state index in [4.69, 9.17) is 11.6 Å². The summed E-state index contributed by atoms with van der Waals surface area (Å²) in [4.78, 5) is 42.4. The van der Waals surface area contributed by atoms with Crippen LogP contribution in [-0.2, 0) is 9.59 Å². The van der Waals surface area contributed by atoms with E-state index in [2.05, 4.69) is 15.6 Å². The molecule has 0 aromatic carbocycles. The number of amides is 4. The second kappa shape index (κ2) is 6.39. The summed E-state index contributed by atoms with van der Waals surface area (Å²) < 4.78 is 0. The SMILES string of the molecule is Cc1c(Cl)cncc1NC(=O)N1CC(=O)NC(=O)C12CCCCC2. The van der Waals surface area contributed by atoms with Gasteiger partial charge in [-0.2, -0.15) is 0 Å². The van der Waals surface area contributed by atoms with Crippen LogP contribution in [0.5, 0.6) is 0 Å². The molecule has 0 unspecified atom stereocenters. The fourth-order valence-electron chi connectivity index (χ4n) is 3.41. The van der Waals surface area contributed by atoms with Crippen molar-refractivity contribution in [3.63, 3.8) is 0 Å². The Hall–Kier alpha value is -2.15. The summed E-state index contributed by atoms with van der Waals surface area (Å²) in [6, 6.07) is -0.479. The number of imide groups is 1. The minimum atomic E-state index is -0.948. The molecule has 7 nitrogen and oxygen atoms in total. The van der Waals surface area contributed by atoms with E-state index >= 15 is 0 Å². The summed E-state index contributed by atoms with van der Waals surface area (Å²) >= 11 is 6.03. The summed E-state index contributed by atoms with van der Waals surface area (Å²) in [6.07, 6.45) is 6.84. The highest BCUT2D eigenvalue weighted by molar-refractivity contribution is 6.31. The van der Waals surface area contributed by atoms with E-state index < -0.39 is 17.5 Å². The highest BCUT2D eigenvalue weighted by Crippen LogP contribution is 2.36. The summed E-state index contributed by atoms with van der Waals surface area (Å²) in [5, 5.41) is 5.55. The van der Waals surface area contributed by atoms with E-state index in [9.17, 15) is 14.4 Å². The van der Waals surface area contributed by atoms with Gasteiger partial charge in [-0.15, -0.1) is 0 Å². The first-order valence-electron chi connectivity index (χ1n) is 7.97. The van der Waals surface area contributed by atoms with Crippen LogP contribution in [0.3, 0.4) is 0 Å². The predicted molar refractivity (Wildman–Crippen MR) is 88.7 cm³/mol. The van der Waals surface area contributed by atoms with Crippen LogP contribution in [-0.4, -0.2) is 39.8 Å². The molecule has 24 heavy (non-hydrogen) atoms. The first-order valence-corrected chi connectivity index (χ1v) is 8.35. The third-order valence-corrected chi connectivity index (χ3v) is 5.20. The molecular formula is C16H19ClN4O3. The van der Waals surface area contributed by atoms with Crippen LogP contribution >= 0.6 is 11.6 Å². The van der Waals surface area contributed by atoms with Crippen LogP contribution in [0.15, 0.2) is 12.4 Å². The molecule has 8 heteroatoms. The number of halogens is 1. The number of anilines is 1. The number of piperazine rings is 1. The zero-order chi connectivity index (χ0) is 17.3. The average molecular weight is 351 g/mol. The lowest BCUT2D eigenvalue weighted by Gasteiger charge is -2.46. The quantitative estimate of drug-likeness (QED) is 0.760. The molecule has 2 fully saturated rings. The Labute approximate surface area is 144 Å². The molecule has 1 aromatic rings. The summed E-state index contributed by atoms with van der Waals surface area (Å²) in [7, 11) is 0. The van der Waals surface area contributed by atoms with E-state index in [1.807, 2.05) is 0 Å². The second-order valence-electron chi connectivity index (χ2n) is 6.28. The van der Waals surface area contributed by atoms with Gasteiger partial charge in [-0.3, -0.25) is 19.9 Å². The summed E-state index contributed by atoms with van der Waals surface area (Å²) in [6.45, 7) is 1.63. The standard InChI is InChI=1S/C16H19ClN4O3/c1-10-11(17)7-18-8-12(10)19-15(24)21-9-13(22)20-14(23)16(21)5-3-2-4-6-16/h7-8H,2-6,9H2,1H3,(H,19,24)(H,20,22,23). The van der Waals surface area contributed by atoms with Gasteiger partial charge < -0.3 is 10.2 Å². The van der Waals surface area contributed by atoms with Crippen molar-refractivity contribution in [2.24, 2.45) is 0 Å². The number of urea groups is 1. The minimum Gasteiger partial charge on any atom is -0.306 e. The van der Waals surface area contributed by atoms with Gasteiger partial charge in [0.1, 0.15) is 12.1 Å². The van der Waals surface area contributed by atoms with Crippen LogP contribution in [0.1, 0.15) is 37.7 Å². The lowest BCUT2D eigenvalue weighted by atomic mass is 9.78. The molecule has 0 radical (unpaired) electrons. The van der Waals surface area contributed by atoms with Crippen LogP contribution in [0.4, 0.5) is 10.5 Å². The molecule has 128 valence electrons. The van der Waals surface area contributed by atoms with E-state index in [1.54, 1.807) is 6.92 Å². The molecule has 1 aliphatic heterocycles. The van der Waals surface area contributed by atoms with Crippen LogP contribution in [0.25, 0.3) is 0 Å². The summed E-state index contributed by atoms with van der Waals surface area (Å²) in [5.41, 5.74) is 0.207. The first-order chi connectivity index (χ1) is 11.4. The van der Waals surface area contributed by atoms with E-state index in [1.165, 1.54) is 17.3 Å². The highest BCUT2D eigenvalue weighted by Gasteiger charge is 2.51. The molecule has 1 spiro atoms. The van der Waals surface area contributed by atoms with Crippen molar-refractivity contribution in [3.8, 4) is 0 Å². The Morgan fingerprint density at radius 3 is 2.71 bits per heavy atom. The third-order valence-electron chi connectivity index (χ3n) is 4.82. The largest absolute Gasteiger partial charge is 0.323 e. The van der Waals surface area contributed by atoms with Gasteiger partial charge in [0.25, 0.3) is 5.91 Å². The number of hydrogen-bond donors (Lipinski definition) is 2. The predicted octanol–water partition coefficient (Wildman–Crippen LogP) is 2.24. The molecule has 2 N–H and O–H groups in total. The molecule has 4 amide bonds. The van der Waals surface area contributed by atoms with Crippen LogP contribution in [0, 0.1) is 6.92 Å². The average Bonchev–Trinajstić information content (AvgIpc) is 2.56. The Kier molecular flexibility index (Phi) is 4.45. The topological polar surface area (TPSA) is 91.4 Å². The van der Waals surface area contributed by atoms with Gasteiger partial charge in [0, 0.05) is 6.20 Å².